The lowest BCUT2D eigenvalue weighted by atomic mass is 10.1. The van der Waals surface area contributed by atoms with Crippen molar-refractivity contribution in [3.8, 4) is 0 Å². The van der Waals surface area contributed by atoms with E-state index in [1.807, 2.05) is 25.1 Å². The summed E-state index contributed by atoms with van der Waals surface area (Å²) in [5, 5.41) is 12.5. The van der Waals surface area contributed by atoms with Gasteiger partial charge in [0, 0.05) is 23.2 Å². The smallest absolute Gasteiger partial charge is 0.242 e. The Labute approximate surface area is 121 Å². The van der Waals surface area contributed by atoms with E-state index in [0.29, 0.717) is 6.54 Å². The number of nitrogens with zero attached hydrogens (tertiary/aromatic N) is 1. The Bertz CT molecular complexity index is 477. The quantitative estimate of drug-likeness (QED) is 0.895. The topological polar surface area (TPSA) is 52.6 Å². The number of nitrogens with one attached hydrogen (secondary N) is 1. The summed E-state index contributed by atoms with van der Waals surface area (Å²) in [5.74, 6) is 0.0875. The monoisotopic (exact) mass is 326 g/mol. The van der Waals surface area contributed by atoms with Gasteiger partial charge in [0.05, 0.1) is 6.10 Å². The Kier molecular flexibility index (Phi) is 4.47. The van der Waals surface area contributed by atoms with Crippen LogP contribution in [0.25, 0.3) is 0 Å². The molecule has 2 rings (SSSR count). The predicted molar refractivity (Wildman–Crippen MR) is 79.2 cm³/mol. The average Bonchev–Trinajstić information content (AvgIpc) is 2.37. The van der Waals surface area contributed by atoms with Gasteiger partial charge in [-0.1, -0.05) is 28.9 Å². The molecule has 0 aromatic heterocycles. The van der Waals surface area contributed by atoms with E-state index in [-0.39, 0.29) is 11.9 Å². The summed E-state index contributed by atoms with van der Waals surface area (Å²) in [6.07, 6.45) is 0.275. The highest BCUT2D eigenvalue weighted by molar-refractivity contribution is 9.10. The molecule has 1 amide bonds. The molecule has 2 atom stereocenters. The highest BCUT2D eigenvalue weighted by atomic mass is 79.9. The number of aliphatic hydroxyl groups is 1. The van der Waals surface area contributed by atoms with Crippen molar-refractivity contribution in [2.45, 2.75) is 32.4 Å². The maximum absolute atomic E-state index is 11.9. The first-order valence-electron chi connectivity index (χ1n) is 6.56. The van der Waals surface area contributed by atoms with Gasteiger partial charge in [-0.25, -0.2) is 0 Å². The molecule has 0 radical (unpaired) electrons. The number of anilines is 1. The molecule has 1 fully saturated rings. The maximum Gasteiger partial charge on any atom is 0.242 e. The second-order valence-corrected chi connectivity index (χ2v) is 5.64. The van der Waals surface area contributed by atoms with Gasteiger partial charge in [0.15, 0.2) is 0 Å². The van der Waals surface area contributed by atoms with Gasteiger partial charge >= 0.3 is 0 Å². The summed E-state index contributed by atoms with van der Waals surface area (Å²) < 4.78 is 0.876. The lowest BCUT2D eigenvalue weighted by molar-refractivity contribution is -0.123. The molecule has 1 aromatic rings. The fourth-order valence-electron chi connectivity index (χ4n) is 2.46. The number of halogens is 1. The number of amides is 1. The van der Waals surface area contributed by atoms with Crippen molar-refractivity contribution in [3.05, 3.63) is 28.2 Å². The zero-order chi connectivity index (χ0) is 14.0. The molecular weight excluding hydrogens is 308 g/mol. The molecule has 4 nitrogen and oxygen atoms in total. The van der Waals surface area contributed by atoms with Gasteiger partial charge in [-0.15, -0.1) is 0 Å². The van der Waals surface area contributed by atoms with Crippen LogP contribution in [0.1, 0.15) is 31.9 Å². The summed E-state index contributed by atoms with van der Waals surface area (Å²) in [6, 6.07) is 5.74. The van der Waals surface area contributed by atoms with Crippen molar-refractivity contribution in [1.29, 1.82) is 0 Å². The number of benzene rings is 1. The second kappa shape index (κ2) is 5.92. The third-order valence-corrected chi connectivity index (χ3v) is 4.17. The van der Waals surface area contributed by atoms with Crippen LogP contribution in [0.3, 0.4) is 0 Å². The van der Waals surface area contributed by atoms with Crippen LogP contribution in [0, 0.1) is 0 Å². The summed E-state index contributed by atoms with van der Waals surface area (Å²) in [4.78, 5) is 14.0. The number of aliphatic hydroxyl groups excluding tert-OH is 1. The van der Waals surface area contributed by atoms with Gasteiger partial charge in [0.25, 0.3) is 0 Å². The van der Waals surface area contributed by atoms with Crippen molar-refractivity contribution in [3.63, 3.8) is 0 Å². The molecule has 0 saturated carbocycles. The van der Waals surface area contributed by atoms with Gasteiger partial charge in [0.1, 0.15) is 6.04 Å². The predicted octanol–water partition coefficient (Wildman–Crippen LogP) is 2.22. The highest BCUT2D eigenvalue weighted by Crippen LogP contribution is 2.30. The molecule has 1 aromatic carbocycles. The van der Waals surface area contributed by atoms with Gasteiger partial charge in [-0.3, -0.25) is 4.79 Å². The van der Waals surface area contributed by atoms with E-state index in [0.717, 1.165) is 28.7 Å². The van der Waals surface area contributed by atoms with Crippen LogP contribution in [0.4, 0.5) is 5.69 Å². The van der Waals surface area contributed by atoms with Gasteiger partial charge in [-0.2, -0.15) is 0 Å². The zero-order valence-electron chi connectivity index (χ0n) is 11.2. The highest BCUT2D eigenvalue weighted by Gasteiger charge is 2.28. The Morgan fingerprint density at radius 3 is 2.89 bits per heavy atom. The van der Waals surface area contributed by atoms with Crippen molar-refractivity contribution < 1.29 is 9.90 Å². The zero-order valence-corrected chi connectivity index (χ0v) is 12.8. The lowest BCUT2D eigenvalue weighted by Crippen LogP contribution is -2.55. The molecule has 104 valence electrons. The molecule has 1 heterocycles. The van der Waals surface area contributed by atoms with E-state index >= 15 is 0 Å². The standard InChI is InChI=1S/C14H19BrN2O2/c1-3-13-14(19)16-6-7-17(13)10-4-5-11(9(2)18)12(15)8-10/h4-5,8-9,13,18H,3,6-7H2,1-2H3,(H,16,19)/t9-,13?/m0/s1. The summed E-state index contributed by atoms with van der Waals surface area (Å²) >= 11 is 3.48. The van der Waals surface area contributed by atoms with E-state index in [1.54, 1.807) is 6.92 Å². The molecule has 1 aliphatic rings. The van der Waals surface area contributed by atoms with Crippen molar-refractivity contribution >= 4 is 27.5 Å². The fourth-order valence-corrected chi connectivity index (χ4v) is 3.16. The van der Waals surface area contributed by atoms with Crippen LogP contribution in [-0.4, -0.2) is 30.1 Å². The minimum atomic E-state index is -0.505. The van der Waals surface area contributed by atoms with Crippen LogP contribution >= 0.6 is 15.9 Å². The first-order chi connectivity index (χ1) is 9.04. The fraction of sp³-hybridized carbons (Fsp3) is 0.500. The van der Waals surface area contributed by atoms with E-state index in [2.05, 4.69) is 26.1 Å². The molecular formula is C14H19BrN2O2. The number of piperazine rings is 1. The minimum Gasteiger partial charge on any atom is -0.389 e. The van der Waals surface area contributed by atoms with Crippen LogP contribution in [0.5, 0.6) is 0 Å². The molecule has 2 N–H and O–H groups in total. The Morgan fingerprint density at radius 1 is 1.58 bits per heavy atom. The van der Waals surface area contributed by atoms with Crippen molar-refractivity contribution in [2.24, 2.45) is 0 Å². The minimum absolute atomic E-state index is 0.0875. The number of carbonyl (C=O) groups excluding carboxylic acids is 1. The van der Waals surface area contributed by atoms with Crippen LogP contribution in [0.15, 0.2) is 22.7 Å². The molecule has 1 saturated heterocycles. The molecule has 19 heavy (non-hydrogen) atoms. The molecule has 1 unspecified atom stereocenters. The van der Waals surface area contributed by atoms with Crippen molar-refractivity contribution in [1.82, 2.24) is 5.32 Å². The third-order valence-electron chi connectivity index (χ3n) is 3.48. The van der Waals surface area contributed by atoms with E-state index in [9.17, 15) is 9.90 Å². The van der Waals surface area contributed by atoms with Gasteiger partial charge in [0.2, 0.25) is 5.91 Å². The van der Waals surface area contributed by atoms with E-state index in [1.165, 1.54) is 0 Å². The van der Waals surface area contributed by atoms with Crippen LogP contribution in [0.2, 0.25) is 0 Å². The Balaban J connectivity index is 2.30. The molecule has 1 aliphatic heterocycles. The average molecular weight is 327 g/mol. The largest absolute Gasteiger partial charge is 0.389 e. The molecule has 0 aliphatic carbocycles. The summed E-state index contributed by atoms with van der Waals surface area (Å²) in [7, 11) is 0. The molecule has 0 bridgehead atoms. The number of rotatable bonds is 3. The summed E-state index contributed by atoms with van der Waals surface area (Å²) in [5.41, 5.74) is 1.87. The number of hydrogen-bond donors (Lipinski definition) is 2. The lowest BCUT2D eigenvalue weighted by Gasteiger charge is -2.36. The van der Waals surface area contributed by atoms with Crippen LogP contribution < -0.4 is 10.2 Å². The summed E-state index contributed by atoms with van der Waals surface area (Å²) in [6.45, 7) is 5.24. The van der Waals surface area contributed by atoms with Gasteiger partial charge < -0.3 is 15.3 Å². The second-order valence-electron chi connectivity index (χ2n) is 4.79. The first kappa shape index (κ1) is 14.3. The van der Waals surface area contributed by atoms with Crippen LogP contribution in [-0.2, 0) is 4.79 Å². The SMILES string of the molecule is CCC1C(=O)NCCN1c1ccc([C@H](C)O)c(Br)c1. The Morgan fingerprint density at radius 2 is 2.32 bits per heavy atom. The normalized spacial score (nSPS) is 21.2. The van der Waals surface area contributed by atoms with E-state index in [4.69, 9.17) is 0 Å². The Hall–Kier alpha value is -1.07. The van der Waals surface area contributed by atoms with Gasteiger partial charge in [-0.05, 0) is 31.0 Å². The van der Waals surface area contributed by atoms with Crippen molar-refractivity contribution in [2.75, 3.05) is 18.0 Å². The van der Waals surface area contributed by atoms with E-state index < -0.39 is 6.10 Å². The maximum atomic E-state index is 11.9. The molecule has 5 heteroatoms. The first-order valence-corrected chi connectivity index (χ1v) is 7.35. The third kappa shape index (κ3) is 2.92. The molecule has 0 spiro atoms. The number of hydrogen-bond acceptors (Lipinski definition) is 3. The number of carbonyl (C=O) groups is 1.